The van der Waals surface area contributed by atoms with Gasteiger partial charge in [0.05, 0.1) is 0 Å². The van der Waals surface area contributed by atoms with Gasteiger partial charge in [0.15, 0.2) is 0 Å². The molecule has 34 heavy (non-hydrogen) atoms. The number of halogens is 2. The molecule has 0 spiro atoms. The highest BCUT2D eigenvalue weighted by Gasteiger charge is 2.13. The first-order valence-electron chi connectivity index (χ1n) is 10.9. The minimum absolute atomic E-state index is 0.280. The Bertz CT molecular complexity index is 1320. The van der Waals surface area contributed by atoms with Crippen LogP contribution in [0.4, 0.5) is 14.5 Å². The summed E-state index contributed by atoms with van der Waals surface area (Å²) in [6.45, 7) is 2.36. The Morgan fingerprint density at radius 3 is 2.35 bits per heavy atom. The van der Waals surface area contributed by atoms with Crippen molar-refractivity contribution in [3.63, 3.8) is 0 Å². The van der Waals surface area contributed by atoms with Gasteiger partial charge in [0.1, 0.15) is 24.0 Å². The zero-order valence-corrected chi connectivity index (χ0v) is 18.6. The number of nitrogens with two attached hydrogens (primary N) is 1. The average molecular weight is 459 g/mol. The summed E-state index contributed by atoms with van der Waals surface area (Å²) >= 11 is 0. The van der Waals surface area contributed by atoms with Crippen molar-refractivity contribution in [3.8, 4) is 28.0 Å². The lowest BCUT2D eigenvalue weighted by molar-refractivity contribution is 0.102. The van der Waals surface area contributed by atoms with E-state index >= 15 is 0 Å². The van der Waals surface area contributed by atoms with Gasteiger partial charge in [0.25, 0.3) is 5.91 Å². The maximum atomic E-state index is 14.0. The van der Waals surface area contributed by atoms with E-state index in [0.29, 0.717) is 46.8 Å². The molecule has 4 aromatic carbocycles. The molecule has 0 radical (unpaired) electrons. The van der Waals surface area contributed by atoms with Gasteiger partial charge in [0.2, 0.25) is 0 Å². The summed E-state index contributed by atoms with van der Waals surface area (Å²) < 4.78 is 33.1. The summed E-state index contributed by atoms with van der Waals surface area (Å²) in [4.78, 5) is 13.0. The summed E-state index contributed by atoms with van der Waals surface area (Å²) in [6, 6.07) is 23.3. The van der Waals surface area contributed by atoms with E-state index in [9.17, 15) is 13.6 Å². The van der Waals surface area contributed by atoms with Crippen LogP contribution < -0.4 is 15.8 Å². The maximum absolute atomic E-state index is 14.0. The van der Waals surface area contributed by atoms with Crippen LogP contribution in [0.3, 0.4) is 0 Å². The number of carbonyl (C=O) groups is 1. The van der Waals surface area contributed by atoms with Crippen LogP contribution in [0.2, 0.25) is 0 Å². The SMILES string of the molecule is Cc1ccc(-c2cccc(NC(=O)c3ccc(OCCN)c(-c4ccc(F)cc4)c3)c2)cc1F. The number of anilines is 1. The van der Waals surface area contributed by atoms with E-state index in [2.05, 4.69) is 5.32 Å². The lowest BCUT2D eigenvalue weighted by Gasteiger charge is -2.14. The summed E-state index contributed by atoms with van der Waals surface area (Å²) in [5.41, 5.74) is 10.00. The molecule has 0 saturated heterocycles. The second-order valence-electron chi connectivity index (χ2n) is 7.85. The molecule has 0 aliphatic heterocycles. The Morgan fingerprint density at radius 2 is 1.62 bits per heavy atom. The first-order valence-corrected chi connectivity index (χ1v) is 10.9. The van der Waals surface area contributed by atoms with Crippen LogP contribution in [0, 0.1) is 18.6 Å². The number of benzene rings is 4. The van der Waals surface area contributed by atoms with Gasteiger partial charge in [-0.3, -0.25) is 4.79 Å². The second kappa shape index (κ2) is 10.3. The predicted octanol–water partition coefficient (Wildman–Crippen LogP) is 6.20. The van der Waals surface area contributed by atoms with Gasteiger partial charge in [0, 0.05) is 23.4 Å². The highest BCUT2D eigenvalue weighted by Crippen LogP contribution is 2.32. The Morgan fingerprint density at radius 1 is 0.882 bits per heavy atom. The molecule has 0 saturated carbocycles. The Labute approximate surface area is 197 Å². The minimum atomic E-state index is -0.351. The molecule has 1 amide bonds. The Balaban J connectivity index is 1.61. The first-order chi connectivity index (χ1) is 16.4. The number of carbonyl (C=O) groups excluding carboxylic acids is 1. The van der Waals surface area contributed by atoms with Gasteiger partial charge >= 0.3 is 0 Å². The van der Waals surface area contributed by atoms with Crippen LogP contribution >= 0.6 is 0 Å². The normalized spacial score (nSPS) is 10.7. The fourth-order valence-electron chi connectivity index (χ4n) is 3.57. The van der Waals surface area contributed by atoms with Crippen LogP contribution in [0.15, 0.2) is 84.9 Å². The van der Waals surface area contributed by atoms with Crippen molar-refractivity contribution in [1.29, 1.82) is 0 Å². The molecule has 0 atom stereocenters. The monoisotopic (exact) mass is 458 g/mol. The smallest absolute Gasteiger partial charge is 0.255 e. The highest BCUT2D eigenvalue weighted by atomic mass is 19.1. The third kappa shape index (κ3) is 5.30. The molecular formula is C28H24F2N2O2. The van der Waals surface area contributed by atoms with E-state index in [0.717, 1.165) is 11.1 Å². The molecule has 0 heterocycles. The third-order valence-electron chi connectivity index (χ3n) is 5.40. The van der Waals surface area contributed by atoms with Crippen molar-refractivity contribution in [2.24, 2.45) is 5.73 Å². The van der Waals surface area contributed by atoms with Gasteiger partial charge in [-0.25, -0.2) is 8.78 Å². The molecular weight excluding hydrogens is 434 g/mol. The fraction of sp³-hybridized carbons (Fsp3) is 0.107. The Hall–Kier alpha value is -4.03. The van der Waals surface area contributed by atoms with E-state index in [1.807, 2.05) is 12.1 Å². The maximum Gasteiger partial charge on any atom is 0.255 e. The van der Waals surface area contributed by atoms with E-state index in [1.165, 1.54) is 18.2 Å². The van der Waals surface area contributed by atoms with Crippen LogP contribution in [0.5, 0.6) is 5.75 Å². The highest BCUT2D eigenvalue weighted by molar-refractivity contribution is 6.05. The number of ether oxygens (including phenoxy) is 1. The van der Waals surface area contributed by atoms with Gasteiger partial charge in [-0.2, -0.15) is 0 Å². The van der Waals surface area contributed by atoms with Gasteiger partial charge in [-0.1, -0.05) is 36.4 Å². The largest absolute Gasteiger partial charge is 0.492 e. The lowest BCUT2D eigenvalue weighted by Crippen LogP contribution is -2.13. The van der Waals surface area contributed by atoms with Crippen molar-refractivity contribution < 1.29 is 18.3 Å². The molecule has 0 bridgehead atoms. The molecule has 4 rings (SSSR count). The lowest BCUT2D eigenvalue weighted by atomic mass is 10.0. The standard InChI is InChI=1S/C28H24F2N2O2/c1-18-5-6-21(17-26(18)30)20-3-2-4-24(15-20)32-28(33)22-9-12-27(34-14-13-31)25(16-22)19-7-10-23(29)11-8-19/h2-12,15-17H,13-14,31H2,1H3,(H,32,33). The third-order valence-corrected chi connectivity index (χ3v) is 5.40. The number of aryl methyl sites for hydroxylation is 1. The van der Waals surface area contributed by atoms with Crippen LogP contribution in [0.25, 0.3) is 22.3 Å². The molecule has 4 nitrogen and oxygen atoms in total. The molecule has 0 aromatic heterocycles. The topological polar surface area (TPSA) is 64.3 Å². The summed E-state index contributed by atoms with van der Waals surface area (Å²) in [5.74, 6) is -0.398. The van der Waals surface area contributed by atoms with Gasteiger partial charge in [-0.15, -0.1) is 0 Å². The number of amides is 1. The van der Waals surface area contributed by atoms with Crippen LogP contribution in [0.1, 0.15) is 15.9 Å². The minimum Gasteiger partial charge on any atom is -0.492 e. The predicted molar refractivity (Wildman–Crippen MR) is 131 cm³/mol. The number of rotatable bonds is 7. The molecule has 4 aromatic rings. The zero-order valence-electron chi connectivity index (χ0n) is 18.6. The van der Waals surface area contributed by atoms with E-state index in [-0.39, 0.29) is 17.5 Å². The number of nitrogens with one attached hydrogen (secondary N) is 1. The molecule has 3 N–H and O–H groups in total. The molecule has 0 fully saturated rings. The van der Waals surface area contributed by atoms with Gasteiger partial charge < -0.3 is 15.8 Å². The summed E-state index contributed by atoms with van der Waals surface area (Å²) in [7, 11) is 0. The van der Waals surface area contributed by atoms with Crippen molar-refractivity contribution in [2.75, 3.05) is 18.5 Å². The summed E-state index contributed by atoms with van der Waals surface area (Å²) in [5, 5.41) is 2.89. The molecule has 6 heteroatoms. The van der Waals surface area contributed by atoms with E-state index in [1.54, 1.807) is 61.5 Å². The van der Waals surface area contributed by atoms with E-state index in [4.69, 9.17) is 10.5 Å². The van der Waals surface area contributed by atoms with E-state index < -0.39 is 0 Å². The van der Waals surface area contributed by atoms with Crippen LogP contribution in [-0.2, 0) is 0 Å². The fourth-order valence-corrected chi connectivity index (χ4v) is 3.57. The molecule has 0 aliphatic carbocycles. The summed E-state index contributed by atoms with van der Waals surface area (Å²) in [6.07, 6.45) is 0. The van der Waals surface area contributed by atoms with Crippen LogP contribution in [-0.4, -0.2) is 19.1 Å². The molecule has 172 valence electrons. The second-order valence-corrected chi connectivity index (χ2v) is 7.85. The van der Waals surface area contributed by atoms with Crippen molar-refractivity contribution in [1.82, 2.24) is 0 Å². The first kappa shape index (κ1) is 23.1. The van der Waals surface area contributed by atoms with Gasteiger partial charge in [-0.05, 0) is 77.7 Å². The molecule has 0 aliphatic rings. The van der Waals surface area contributed by atoms with Crippen molar-refractivity contribution in [2.45, 2.75) is 6.92 Å². The molecule has 0 unspecified atom stereocenters. The van der Waals surface area contributed by atoms with Crippen molar-refractivity contribution in [3.05, 3.63) is 108 Å². The number of hydrogen-bond acceptors (Lipinski definition) is 3. The van der Waals surface area contributed by atoms with Crippen molar-refractivity contribution >= 4 is 11.6 Å². The quantitative estimate of drug-likeness (QED) is 0.347. The zero-order chi connectivity index (χ0) is 24.1. The average Bonchev–Trinajstić information content (AvgIpc) is 2.85. The Kier molecular flexibility index (Phi) is 6.99. The number of hydrogen-bond donors (Lipinski definition) is 2.